The molecule has 3 rings (SSSR count). The summed E-state index contributed by atoms with van der Waals surface area (Å²) in [4.78, 5) is 14.1. The highest BCUT2D eigenvalue weighted by atomic mass is 15.3. The van der Waals surface area contributed by atoms with Crippen LogP contribution in [-0.2, 0) is 0 Å². The molecule has 1 aromatic heterocycles. The third-order valence-corrected chi connectivity index (χ3v) is 4.67. The quantitative estimate of drug-likeness (QED) is 0.911. The van der Waals surface area contributed by atoms with Crippen molar-refractivity contribution in [2.75, 3.05) is 37.3 Å². The van der Waals surface area contributed by atoms with E-state index < -0.39 is 0 Å². The number of hydrogen-bond donors (Lipinski definition) is 1. The summed E-state index contributed by atoms with van der Waals surface area (Å²) in [6.07, 6.45) is 3.59. The van der Waals surface area contributed by atoms with Crippen LogP contribution in [0.5, 0.6) is 0 Å². The van der Waals surface area contributed by atoms with Crippen molar-refractivity contribution >= 4 is 11.6 Å². The van der Waals surface area contributed by atoms with Crippen molar-refractivity contribution in [1.29, 1.82) is 0 Å². The van der Waals surface area contributed by atoms with Gasteiger partial charge in [-0.2, -0.15) is 0 Å². The SMILES string of the molecule is CCC1CN(c2nc(C3CC3)nc(N)c2C)CCN1C. The first kappa shape index (κ1) is 13.6. The molecule has 2 N–H and O–H groups in total. The second-order valence-corrected chi connectivity index (χ2v) is 6.18. The summed E-state index contributed by atoms with van der Waals surface area (Å²) < 4.78 is 0. The van der Waals surface area contributed by atoms with Gasteiger partial charge in [0.05, 0.1) is 0 Å². The summed E-state index contributed by atoms with van der Waals surface area (Å²) in [6, 6.07) is 0.601. The first-order valence-electron chi connectivity index (χ1n) is 7.69. The van der Waals surface area contributed by atoms with Crippen molar-refractivity contribution in [2.24, 2.45) is 0 Å². The van der Waals surface area contributed by atoms with Gasteiger partial charge in [-0.25, -0.2) is 9.97 Å². The first-order chi connectivity index (χ1) is 9.60. The molecule has 0 spiro atoms. The molecule has 2 aliphatic rings. The van der Waals surface area contributed by atoms with Gasteiger partial charge in [-0.05, 0) is 33.2 Å². The Morgan fingerprint density at radius 3 is 2.65 bits per heavy atom. The van der Waals surface area contributed by atoms with Crippen LogP contribution in [0.25, 0.3) is 0 Å². The highest BCUT2D eigenvalue weighted by Crippen LogP contribution is 2.39. The lowest BCUT2D eigenvalue weighted by atomic mass is 10.1. The van der Waals surface area contributed by atoms with E-state index in [1.165, 1.54) is 19.3 Å². The van der Waals surface area contributed by atoms with Crippen molar-refractivity contribution in [3.8, 4) is 0 Å². The maximum absolute atomic E-state index is 6.10. The predicted molar refractivity (Wildman–Crippen MR) is 82.1 cm³/mol. The minimum atomic E-state index is 0.547. The topological polar surface area (TPSA) is 58.3 Å². The molecule has 1 unspecified atom stereocenters. The summed E-state index contributed by atoms with van der Waals surface area (Å²) in [5, 5.41) is 0. The molecule has 5 heteroatoms. The third kappa shape index (κ3) is 2.46. The molecular weight excluding hydrogens is 250 g/mol. The lowest BCUT2D eigenvalue weighted by Crippen LogP contribution is -2.51. The first-order valence-corrected chi connectivity index (χ1v) is 7.69. The average Bonchev–Trinajstić information content (AvgIpc) is 3.27. The van der Waals surface area contributed by atoms with Gasteiger partial charge in [-0.15, -0.1) is 0 Å². The number of hydrogen-bond acceptors (Lipinski definition) is 5. The lowest BCUT2D eigenvalue weighted by molar-refractivity contribution is 0.212. The molecule has 2 fully saturated rings. The van der Waals surface area contributed by atoms with Gasteiger partial charge >= 0.3 is 0 Å². The second kappa shape index (κ2) is 5.20. The largest absolute Gasteiger partial charge is 0.383 e. The maximum atomic E-state index is 6.10. The van der Waals surface area contributed by atoms with Crippen molar-refractivity contribution in [3.63, 3.8) is 0 Å². The Morgan fingerprint density at radius 1 is 1.25 bits per heavy atom. The fourth-order valence-electron chi connectivity index (χ4n) is 2.95. The van der Waals surface area contributed by atoms with Gasteiger partial charge in [-0.1, -0.05) is 6.92 Å². The van der Waals surface area contributed by atoms with E-state index in [0.717, 1.165) is 36.8 Å². The zero-order chi connectivity index (χ0) is 14.3. The van der Waals surface area contributed by atoms with Crippen LogP contribution in [0.4, 0.5) is 11.6 Å². The van der Waals surface area contributed by atoms with E-state index in [1.54, 1.807) is 0 Å². The fraction of sp³-hybridized carbons (Fsp3) is 0.733. The molecule has 110 valence electrons. The van der Waals surface area contributed by atoms with Crippen LogP contribution >= 0.6 is 0 Å². The Bertz CT molecular complexity index is 497. The van der Waals surface area contributed by atoms with Gasteiger partial charge in [0, 0.05) is 37.2 Å². The van der Waals surface area contributed by atoms with Gasteiger partial charge in [0.15, 0.2) is 0 Å². The molecule has 5 nitrogen and oxygen atoms in total. The monoisotopic (exact) mass is 275 g/mol. The van der Waals surface area contributed by atoms with E-state index in [4.69, 9.17) is 10.7 Å². The van der Waals surface area contributed by atoms with Gasteiger partial charge in [0.2, 0.25) is 0 Å². The Labute approximate surface area is 121 Å². The van der Waals surface area contributed by atoms with Crippen LogP contribution in [0.2, 0.25) is 0 Å². The Kier molecular flexibility index (Phi) is 3.54. The van der Waals surface area contributed by atoms with Crippen LogP contribution < -0.4 is 10.6 Å². The van der Waals surface area contributed by atoms with Gasteiger partial charge in [0.1, 0.15) is 17.5 Å². The van der Waals surface area contributed by atoms with Crippen LogP contribution in [0.1, 0.15) is 43.5 Å². The van der Waals surface area contributed by atoms with Gasteiger partial charge in [0.25, 0.3) is 0 Å². The van der Waals surface area contributed by atoms with Gasteiger partial charge < -0.3 is 10.6 Å². The number of likely N-dealkylation sites (N-methyl/N-ethyl adjacent to an activating group) is 1. The molecule has 0 amide bonds. The van der Waals surface area contributed by atoms with E-state index in [-0.39, 0.29) is 0 Å². The number of anilines is 2. The third-order valence-electron chi connectivity index (χ3n) is 4.67. The van der Waals surface area contributed by atoms with E-state index in [1.807, 2.05) is 6.92 Å². The molecule has 0 bridgehead atoms. The van der Waals surface area contributed by atoms with Crippen molar-refractivity contribution < 1.29 is 0 Å². The van der Waals surface area contributed by atoms with E-state index in [2.05, 4.69) is 28.8 Å². The zero-order valence-corrected chi connectivity index (χ0v) is 12.8. The normalized spacial score (nSPS) is 24.1. The molecule has 0 aromatic carbocycles. The summed E-state index contributed by atoms with van der Waals surface area (Å²) in [6.45, 7) is 7.44. The molecule has 2 heterocycles. The molecule has 1 saturated heterocycles. The van der Waals surface area contributed by atoms with E-state index in [9.17, 15) is 0 Å². The van der Waals surface area contributed by atoms with Crippen LogP contribution in [-0.4, -0.2) is 47.6 Å². The Hall–Kier alpha value is -1.36. The number of piperazine rings is 1. The van der Waals surface area contributed by atoms with Crippen molar-refractivity contribution in [1.82, 2.24) is 14.9 Å². The highest BCUT2D eigenvalue weighted by molar-refractivity contribution is 5.57. The second-order valence-electron chi connectivity index (χ2n) is 6.18. The molecule has 1 aliphatic heterocycles. The number of nitrogen functional groups attached to an aromatic ring is 1. The van der Waals surface area contributed by atoms with Crippen molar-refractivity contribution in [2.45, 2.75) is 45.1 Å². The number of rotatable bonds is 3. The molecular formula is C15H25N5. The Morgan fingerprint density at radius 2 is 2.00 bits per heavy atom. The highest BCUT2D eigenvalue weighted by Gasteiger charge is 2.30. The minimum Gasteiger partial charge on any atom is -0.383 e. The smallest absolute Gasteiger partial charge is 0.137 e. The molecule has 1 saturated carbocycles. The molecule has 1 aliphatic carbocycles. The number of nitrogens with zero attached hydrogens (tertiary/aromatic N) is 4. The zero-order valence-electron chi connectivity index (χ0n) is 12.8. The fourth-order valence-corrected chi connectivity index (χ4v) is 2.95. The summed E-state index contributed by atoms with van der Waals surface area (Å²) in [7, 11) is 2.21. The van der Waals surface area contributed by atoms with E-state index >= 15 is 0 Å². The van der Waals surface area contributed by atoms with Crippen LogP contribution in [0.3, 0.4) is 0 Å². The maximum Gasteiger partial charge on any atom is 0.137 e. The summed E-state index contributed by atoms with van der Waals surface area (Å²) >= 11 is 0. The minimum absolute atomic E-state index is 0.547. The molecule has 1 atom stereocenters. The summed E-state index contributed by atoms with van der Waals surface area (Å²) in [5.41, 5.74) is 7.14. The number of aromatic nitrogens is 2. The molecule has 0 radical (unpaired) electrons. The van der Waals surface area contributed by atoms with Gasteiger partial charge in [-0.3, -0.25) is 4.90 Å². The average molecular weight is 275 g/mol. The van der Waals surface area contributed by atoms with E-state index in [0.29, 0.717) is 17.8 Å². The molecule has 20 heavy (non-hydrogen) atoms. The molecule has 1 aromatic rings. The Balaban J connectivity index is 1.89. The predicted octanol–water partition coefficient (Wildman–Crippen LogP) is 1.78. The summed E-state index contributed by atoms with van der Waals surface area (Å²) in [5.74, 6) is 3.22. The standard InChI is InChI=1S/C15H25N5/c1-4-12-9-20(8-7-19(12)3)15-10(2)13(16)17-14(18-15)11-5-6-11/h11-12H,4-9H2,1-3H3,(H2,16,17,18). The van der Waals surface area contributed by atoms with Crippen LogP contribution in [0, 0.1) is 6.92 Å². The number of nitrogens with two attached hydrogens (primary N) is 1. The van der Waals surface area contributed by atoms with Crippen LogP contribution in [0.15, 0.2) is 0 Å². The lowest BCUT2D eigenvalue weighted by Gasteiger charge is -2.40. The van der Waals surface area contributed by atoms with Crippen molar-refractivity contribution in [3.05, 3.63) is 11.4 Å².